The van der Waals surface area contributed by atoms with E-state index >= 15 is 0 Å². The highest BCUT2D eigenvalue weighted by molar-refractivity contribution is 5.61. The molecular weight excluding hydrogens is 186 g/mol. The Bertz CT molecular complexity index is 367. The standard InChI is InChI=1S/C13H17NO/c1-4-10-5-7-11-12(8-6-10)15-13(14-11)9(2)3/h5-10H,4H2,1-3H3. The van der Waals surface area contributed by atoms with Crippen molar-refractivity contribution in [2.75, 3.05) is 0 Å². The molecule has 80 valence electrons. The maximum Gasteiger partial charge on any atom is 0.198 e. The summed E-state index contributed by atoms with van der Waals surface area (Å²) in [4.78, 5) is 4.47. The number of fused-ring (bicyclic) bond motifs is 1. The largest absolute Gasteiger partial charge is 0.440 e. The fraction of sp³-hybridized carbons (Fsp3) is 0.462. The van der Waals surface area contributed by atoms with Crippen molar-refractivity contribution in [1.29, 1.82) is 0 Å². The Morgan fingerprint density at radius 2 is 2.07 bits per heavy atom. The summed E-state index contributed by atoms with van der Waals surface area (Å²) in [6, 6.07) is 0. The van der Waals surface area contributed by atoms with Gasteiger partial charge in [-0.1, -0.05) is 32.9 Å². The fourth-order valence-electron chi connectivity index (χ4n) is 1.61. The highest BCUT2D eigenvalue weighted by Gasteiger charge is 2.13. The summed E-state index contributed by atoms with van der Waals surface area (Å²) in [7, 11) is 0. The zero-order chi connectivity index (χ0) is 10.8. The molecule has 0 amide bonds. The second kappa shape index (κ2) is 4.05. The van der Waals surface area contributed by atoms with Gasteiger partial charge in [-0.25, -0.2) is 4.98 Å². The van der Waals surface area contributed by atoms with Crippen LogP contribution in [0.2, 0.25) is 0 Å². The molecule has 2 nitrogen and oxygen atoms in total. The van der Waals surface area contributed by atoms with Crippen LogP contribution in [0.15, 0.2) is 16.6 Å². The molecule has 1 aliphatic carbocycles. The first-order valence-corrected chi connectivity index (χ1v) is 5.57. The molecule has 0 aromatic carbocycles. The van der Waals surface area contributed by atoms with Gasteiger partial charge in [-0.15, -0.1) is 0 Å². The minimum Gasteiger partial charge on any atom is -0.440 e. The van der Waals surface area contributed by atoms with E-state index in [1.807, 2.05) is 6.08 Å². The number of allylic oxidation sites excluding steroid dienone is 2. The van der Waals surface area contributed by atoms with Crippen LogP contribution in [-0.2, 0) is 0 Å². The molecule has 1 heterocycles. The van der Waals surface area contributed by atoms with Gasteiger partial charge in [0.05, 0.1) is 0 Å². The zero-order valence-corrected chi connectivity index (χ0v) is 9.53. The first-order chi connectivity index (χ1) is 7.20. The van der Waals surface area contributed by atoms with Gasteiger partial charge in [0.25, 0.3) is 0 Å². The molecular formula is C13H17NO. The average molecular weight is 203 g/mol. The highest BCUT2D eigenvalue weighted by Crippen LogP contribution is 2.24. The van der Waals surface area contributed by atoms with Crippen LogP contribution in [0.5, 0.6) is 0 Å². The van der Waals surface area contributed by atoms with Gasteiger partial charge in [-0.3, -0.25) is 0 Å². The topological polar surface area (TPSA) is 26.0 Å². The highest BCUT2D eigenvalue weighted by atomic mass is 16.4. The zero-order valence-electron chi connectivity index (χ0n) is 9.53. The van der Waals surface area contributed by atoms with Crippen LogP contribution < -0.4 is 0 Å². The summed E-state index contributed by atoms with van der Waals surface area (Å²) in [6.45, 7) is 6.36. The Morgan fingerprint density at radius 3 is 2.73 bits per heavy atom. The van der Waals surface area contributed by atoms with Gasteiger partial charge in [0.15, 0.2) is 11.7 Å². The minimum atomic E-state index is 0.348. The molecule has 1 aromatic rings. The predicted molar refractivity (Wildman–Crippen MR) is 62.4 cm³/mol. The van der Waals surface area contributed by atoms with E-state index in [0.29, 0.717) is 11.8 Å². The third kappa shape index (κ3) is 2.04. The molecule has 1 atom stereocenters. The molecule has 1 unspecified atom stereocenters. The Labute approximate surface area is 90.7 Å². The Morgan fingerprint density at radius 1 is 1.33 bits per heavy atom. The number of rotatable bonds is 2. The lowest BCUT2D eigenvalue weighted by molar-refractivity contribution is 0.464. The van der Waals surface area contributed by atoms with Crippen LogP contribution in [-0.4, -0.2) is 4.98 Å². The summed E-state index contributed by atoms with van der Waals surface area (Å²) < 4.78 is 5.69. The van der Waals surface area contributed by atoms with E-state index in [1.165, 1.54) is 0 Å². The molecule has 0 aliphatic heterocycles. The third-order valence-electron chi connectivity index (χ3n) is 2.66. The lowest BCUT2D eigenvalue weighted by atomic mass is 10.1. The van der Waals surface area contributed by atoms with Crippen molar-refractivity contribution in [3.8, 4) is 0 Å². The van der Waals surface area contributed by atoms with Crippen molar-refractivity contribution in [2.24, 2.45) is 5.92 Å². The first kappa shape index (κ1) is 10.2. The molecule has 2 heteroatoms. The molecule has 15 heavy (non-hydrogen) atoms. The van der Waals surface area contributed by atoms with Gasteiger partial charge in [0, 0.05) is 5.92 Å². The van der Waals surface area contributed by atoms with E-state index in [4.69, 9.17) is 4.42 Å². The molecule has 0 saturated carbocycles. The van der Waals surface area contributed by atoms with E-state index < -0.39 is 0 Å². The molecule has 2 rings (SSSR count). The molecule has 1 aromatic heterocycles. The summed E-state index contributed by atoms with van der Waals surface area (Å²) in [5, 5.41) is 0. The van der Waals surface area contributed by atoms with Crippen LogP contribution in [0, 0.1) is 5.92 Å². The van der Waals surface area contributed by atoms with Crippen molar-refractivity contribution in [1.82, 2.24) is 4.98 Å². The van der Waals surface area contributed by atoms with E-state index in [-0.39, 0.29) is 0 Å². The van der Waals surface area contributed by atoms with Crippen LogP contribution >= 0.6 is 0 Å². The van der Waals surface area contributed by atoms with E-state index in [0.717, 1.165) is 23.8 Å². The van der Waals surface area contributed by atoms with Gasteiger partial charge in [-0.2, -0.15) is 0 Å². The van der Waals surface area contributed by atoms with Crippen LogP contribution in [0.1, 0.15) is 50.5 Å². The normalized spacial score (nSPS) is 19.3. The number of oxazole rings is 1. The Hall–Kier alpha value is -1.31. The van der Waals surface area contributed by atoms with E-state index in [2.05, 4.69) is 44.0 Å². The molecule has 1 aliphatic rings. The molecule has 0 N–H and O–H groups in total. The minimum absolute atomic E-state index is 0.348. The smallest absolute Gasteiger partial charge is 0.198 e. The second-order valence-corrected chi connectivity index (χ2v) is 4.25. The van der Waals surface area contributed by atoms with Crippen molar-refractivity contribution in [3.05, 3.63) is 29.5 Å². The fourth-order valence-corrected chi connectivity index (χ4v) is 1.61. The second-order valence-electron chi connectivity index (χ2n) is 4.25. The molecule has 0 radical (unpaired) electrons. The SMILES string of the molecule is CCC1C=Cc2nc(C(C)C)oc2C=C1. The maximum absolute atomic E-state index is 5.69. The van der Waals surface area contributed by atoms with Crippen LogP contribution in [0.25, 0.3) is 12.2 Å². The van der Waals surface area contributed by atoms with E-state index in [1.54, 1.807) is 0 Å². The van der Waals surface area contributed by atoms with Crippen molar-refractivity contribution < 1.29 is 4.42 Å². The summed E-state index contributed by atoms with van der Waals surface area (Å²) in [6.07, 6.45) is 9.60. The summed E-state index contributed by atoms with van der Waals surface area (Å²) in [5.74, 6) is 2.58. The number of hydrogen-bond donors (Lipinski definition) is 0. The molecule has 0 saturated heterocycles. The van der Waals surface area contributed by atoms with Crippen LogP contribution in [0.3, 0.4) is 0 Å². The number of nitrogens with zero attached hydrogens (tertiary/aromatic N) is 1. The van der Waals surface area contributed by atoms with E-state index in [9.17, 15) is 0 Å². The lowest BCUT2D eigenvalue weighted by Gasteiger charge is -1.99. The van der Waals surface area contributed by atoms with Gasteiger partial charge < -0.3 is 4.42 Å². The van der Waals surface area contributed by atoms with Crippen molar-refractivity contribution >= 4 is 12.2 Å². The van der Waals surface area contributed by atoms with Gasteiger partial charge >= 0.3 is 0 Å². The summed E-state index contributed by atoms with van der Waals surface area (Å²) >= 11 is 0. The maximum atomic E-state index is 5.69. The van der Waals surface area contributed by atoms with Gasteiger partial charge in [0.2, 0.25) is 0 Å². The molecule has 0 fully saturated rings. The van der Waals surface area contributed by atoms with Crippen LogP contribution in [0.4, 0.5) is 0 Å². The first-order valence-electron chi connectivity index (χ1n) is 5.57. The van der Waals surface area contributed by atoms with Crippen molar-refractivity contribution in [3.63, 3.8) is 0 Å². The number of hydrogen-bond acceptors (Lipinski definition) is 2. The van der Waals surface area contributed by atoms with Crippen molar-refractivity contribution in [2.45, 2.75) is 33.1 Å². The predicted octanol–water partition coefficient (Wildman–Crippen LogP) is 3.86. The quantitative estimate of drug-likeness (QED) is 0.729. The van der Waals surface area contributed by atoms with Gasteiger partial charge in [-0.05, 0) is 24.5 Å². The Balaban J connectivity index is 2.33. The van der Waals surface area contributed by atoms with Gasteiger partial charge in [0.1, 0.15) is 5.69 Å². The lowest BCUT2D eigenvalue weighted by Crippen LogP contribution is -1.87. The third-order valence-corrected chi connectivity index (χ3v) is 2.66. The average Bonchev–Trinajstić information content (AvgIpc) is 2.53. The Kier molecular flexibility index (Phi) is 2.76. The monoisotopic (exact) mass is 203 g/mol. The molecule has 0 spiro atoms. The summed E-state index contributed by atoms with van der Waals surface area (Å²) in [5.41, 5.74) is 0.964. The molecule has 0 bridgehead atoms. The number of aromatic nitrogens is 1.